The summed E-state index contributed by atoms with van der Waals surface area (Å²) in [5, 5.41) is 8.89. The zero-order valence-corrected chi connectivity index (χ0v) is 12.3. The van der Waals surface area contributed by atoms with E-state index in [9.17, 15) is 9.59 Å². The summed E-state index contributed by atoms with van der Waals surface area (Å²) < 4.78 is 3.20. The van der Waals surface area contributed by atoms with Gasteiger partial charge in [0.15, 0.2) is 0 Å². The first-order valence-corrected chi connectivity index (χ1v) is 7.10. The van der Waals surface area contributed by atoms with E-state index in [0.29, 0.717) is 13.1 Å². The van der Waals surface area contributed by atoms with Crippen LogP contribution in [0.2, 0.25) is 0 Å². The number of carboxylic acid groups (broad SMARTS) is 1. The standard InChI is InChI=1S/C17H15N3O3/c21-16(22)15-5-3-13(4-6-15)11-19-8-9-20(17(19)23)12-14-2-1-7-18-10-14/h1-10H,11-12H2,(H,21,22). The molecule has 0 atom stereocenters. The Morgan fingerprint density at radius 2 is 1.65 bits per heavy atom. The summed E-state index contributed by atoms with van der Waals surface area (Å²) in [6.07, 6.45) is 6.89. The number of rotatable bonds is 5. The SMILES string of the molecule is O=C(O)c1ccc(Cn2ccn(Cc3cccnc3)c2=O)cc1. The number of hydrogen-bond acceptors (Lipinski definition) is 3. The normalized spacial score (nSPS) is 10.6. The van der Waals surface area contributed by atoms with Crippen LogP contribution in [0.15, 0.2) is 66.0 Å². The Kier molecular flexibility index (Phi) is 4.05. The topological polar surface area (TPSA) is 77.1 Å². The van der Waals surface area contributed by atoms with Gasteiger partial charge >= 0.3 is 11.7 Å². The van der Waals surface area contributed by atoms with Gasteiger partial charge in [-0.3, -0.25) is 14.1 Å². The predicted molar refractivity (Wildman–Crippen MR) is 84.5 cm³/mol. The van der Waals surface area contributed by atoms with Gasteiger partial charge in [-0.2, -0.15) is 0 Å². The third kappa shape index (κ3) is 3.37. The van der Waals surface area contributed by atoms with E-state index < -0.39 is 5.97 Å². The minimum Gasteiger partial charge on any atom is -0.478 e. The van der Waals surface area contributed by atoms with E-state index in [4.69, 9.17) is 5.11 Å². The summed E-state index contributed by atoms with van der Waals surface area (Å²) in [4.78, 5) is 27.2. The number of pyridine rings is 1. The molecule has 2 aromatic heterocycles. The van der Waals surface area contributed by atoms with Crippen LogP contribution in [0.25, 0.3) is 0 Å². The highest BCUT2D eigenvalue weighted by Gasteiger charge is 2.06. The molecule has 1 aromatic carbocycles. The summed E-state index contributed by atoms with van der Waals surface area (Å²) in [5.41, 5.74) is 1.95. The second kappa shape index (κ2) is 6.31. The van der Waals surface area contributed by atoms with Crippen LogP contribution in [-0.2, 0) is 13.1 Å². The fourth-order valence-corrected chi connectivity index (χ4v) is 2.33. The molecule has 2 heterocycles. The summed E-state index contributed by atoms with van der Waals surface area (Å²) in [6, 6.07) is 10.3. The van der Waals surface area contributed by atoms with E-state index in [0.717, 1.165) is 11.1 Å². The minimum atomic E-state index is -0.962. The molecule has 0 unspecified atom stereocenters. The molecule has 1 N–H and O–H groups in total. The lowest BCUT2D eigenvalue weighted by Gasteiger charge is -2.04. The van der Waals surface area contributed by atoms with Gasteiger partial charge in [-0.15, -0.1) is 0 Å². The molecule has 3 aromatic rings. The predicted octanol–water partition coefficient (Wildman–Crippen LogP) is 1.84. The molecule has 0 saturated carbocycles. The minimum absolute atomic E-state index is 0.115. The summed E-state index contributed by atoms with van der Waals surface area (Å²) in [6.45, 7) is 0.871. The Morgan fingerprint density at radius 3 is 2.22 bits per heavy atom. The third-order valence-corrected chi connectivity index (χ3v) is 3.55. The molecule has 0 amide bonds. The number of hydrogen-bond donors (Lipinski definition) is 1. The van der Waals surface area contributed by atoms with Crippen molar-refractivity contribution in [1.29, 1.82) is 0 Å². The number of benzene rings is 1. The maximum absolute atomic E-state index is 12.4. The van der Waals surface area contributed by atoms with E-state index in [-0.39, 0.29) is 11.3 Å². The first-order chi connectivity index (χ1) is 11.1. The first kappa shape index (κ1) is 14.8. The van der Waals surface area contributed by atoms with Crippen LogP contribution in [0.1, 0.15) is 21.5 Å². The van der Waals surface area contributed by atoms with Gasteiger partial charge < -0.3 is 5.11 Å². The molecule has 3 rings (SSSR count). The molecular formula is C17H15N3O3. The number of aromatic nitrogens is 3. The Bertz CT molecular complexity index is 864. The van der Waals surface area contributed by atoms with Gasteiger partial charge in [-0.1, -0.05) is 18.2 Å². The first-order valence-electron chi connectivity index (χ1n) is 7.10. The maximum Gasteiger partial charge on any atom is 0.335 e. The molecule has 23 heavy (non-hydrogen) atoms. The van der Waals surface area contributed by atoms with Crippen LogP contribution < -0.4 is 5.69 Å². The van der Waals surface area contributed by atoms with Crippen LogP contribution in [0.3, 0.4) is 0 Å². The monoisotopic (exact) mass is 309 g/mol. The number of carboxylic acids is 1. The molecule has 0 bridgehead atoms. The van der Waals surface area contributed by atoms with Gasteiger partial charge in [0.1, 0.15) is 0 Å². The lowest BCUT2D eigenvalue weighted by atomic mass is 10.1. The fourth-order valence-electron chi connectivity index (χ4n) is 2.33. The smallest absolute Gasteiger partial charge is 0.335 e. The van der Waals surface area contributed by atoms with Crippen LogP contribution in [0, 0.1) is 0 Å². The zero-order chi connectivity index (χ0) is 16.2. The molecule has 0 radical (unpaired) electrons. The number of imidazole rings is 1. The number of carbonyl (C=O) groups is 1. The average molecular weight is 309 g/mol. The van der Waals surface area contributed by atoms with E-state index >= 15 is 0 Å². The second-order valence-corrected chi connectivity index (χ2v) is 5.20. The molecule has 0 fully saturated rings. The molecule has 0 aliphatic carbocycles. The number of nitrogens with zero attached hydrogens (tertiary/aromatic N) is 3. The van der Waals surface area contributed by atoms with Crippen LogP contribution in [-0.4, -0.2) is 25.2 Å². The summed E-state index contributed by atoms with van der Waals surface area (Å²) >= 11 is 0. The van der Waals surface area contributed by atoms with Crippen LogP contribution >= 0.6 is 0 Å². The van der Waals surface area contributed by atoms with E-state index in [1.807, 2.05) is 12.1 Å². The molecule has 116 valence electrons. The van der Waals surface area contributed by atoms with Crippen LogP contribution in [0.5, 0.6) is 0 Å². The van der Waals surface area contributed by atoms with Gasteiger partial charge in [0.2, 0.25) is 0 Å². The Morgan fingerprint density at radius 1 is 1.00 bits per heavy atom. The largest absolute Gasteiger partial charge is 0.478 e. The molecular weight excluding hydrogens is 294 g/mol. The molecule has 0 aliphatic heterocycles. The lowest BCUT2D eigenvalue weighted by molar-refractivity contribution is 0.0697. The van der Waals surface area contributed by atoms with Crippen molar-refractivity contribution in [1.82, 2.24) is 14.1 Å². The van der Waals surface area contributed by atoms with Crippen molar-refractivity contribution in [3.05, 3.63) is 88.4 Å². The Labute approximate surface area is 132 Å². The highest BCUT2D eigenvalue weighted by atomic mass is 16.4. The van der Waals surface area contributed by atoms with Crippen molar-refractivity contribution in [3.63, 3.8) is 0 Å². The summed E-state index contributed by atoms with van der Waals surface area (Å²) in [7, 11) is 0. The van der Waals surface area contributed by atoms with E-state index in [2.05, 4.69) is 4.98 Å². The molecule has 6 nitrogen and oxygen atoms in total. The average Bonchev–Trinajstić information content (AvgIpc) is 2.90. The van der Waals surface area contributed by atoms with Gasteiger partial charge in [-0.05, 0) is 29.3 Å². The maximum atomic E-state index is 12.4. The summed E-state index contributed by atoms with van der Waals surface area (Å²) in [5.74, 6) is -0.962. The van der Waals surface area contributed by atoms with Crippen molar-refractivity contribution in [2.24, 2.45) is 0 Å². The molecule has 6 heteroatoms. The number of aromatic carboxylic acids is 1. The molecule has 0 spiro atoms. The van der Waals surface area contributed by atoms with Crippen molar-refractivity contribution >= 4 is 5.97 Å². The molecule has 0 aliphatic rings. The Balaban J connectivity index is 1.77. The van der Waals surface area contributed by atoms with Gasteiger partial charge in [-0.25, -0.2) is 9.59 Å². The van der Waals surface area contributed by atoms with Gasteiger partial charge in [0, 0.05) is 24.8 Å². The zero-order valence-electron chi connectivity index (χ0n) is 12.3. The van der Waals surface area contributed by atoms with Crippen molar-refractivity contribution in [3.8, 4) is 0 Å². The second-order valence-electron chi connectivity index (χ2n) is 5.20. The van der Waals surface area contributed by atoms with Crippen molar-refractivity contribution in [2.75, 3.05) is 0 Å². The molecule has 0 saturated heterocycles. The Hall–Kier alpha value is -3.15. The van der Waals surface area contributed by atoms with Gasteiger partial charge in [0.25, 0.3) is 0 Å². The highest BCUT2D eigenvalue weighted by Crippen LogP contribution is 2.06. The van der Waals surface area contributed by atoms with E-state index in [1.54, 1.807) is 46.1 Å². The van der Waals surface area contributed by atoms with Crippen molar-refractivity contribution < 1.29 is 9.90 Å². The van der Waals surface area contributed by atoms with E-state index in [1.165, 1.54) is 12.1 Å². The fraction of sp³-hybridized carbons (Fsp3) is 0.118. The van der Waals surface area contributed by atoms with Crippen molar-refractivity contribution in [2.45, 2.75) is 13.1 Å². The van der Waals surface area contributed by atoms with Crippen LogP contribution in [0.4, 0.5) is 0 Å². The lowest BCUT2D eigenvalue weighted by Crippen LogP contribution is -2.24. The highest BCUT2D eigenvalue weighted by molar-refractivity contribution is 5.87. The third-order valence-electron chi connectivity index (χ3n) is 3.55. The quantitative estimate of drug-likeness (QED) is 0.780. The van der Waals surface area contributed by atoms with Gasteiger partial charge in [0.05, 0.1) is 18.7 Å².